The van der Waals surface area contributed by atoms with Gasteiger partial charge in [-0.25, -0.2) is 0 Å². The van der Waals surface area contributed by atoms with Gasteiger partial charge in [0, 0.05) is 23.0 Å². The van der Waals surface area contributed by atoms with Gasteiger partial charge in [0.2, 0.25) is 0 Å². The molecule has 0 aliphatic carbocycles. The number of hydrogen-bond donors (Lipinski definition) is 0. The largest absolute Gasteiger partial charge is 0.292 e. The van der Waals surface area contributed by atoms with Crippen LogP contribution in [0.5, 0.6) is 0 Å². The number of ketones is 1. The zero-order chi connectivity index (χ0) is 13.8. The van der Waals surface area contributed by atoms with Gasteiger partial charge < -0.3 is 0 Å². The number of nitrogens with zero attached hydrogens (tertiary/aromatic N) is 2. The summed E-state index contributed by atoms with van der Waals surface area (Å²) in [4.78, 5) is 16.4. The first kappa shape index (κ1) is 13.3. The van der Waals surface area contributed by atoms with Gasteiger partial charge in [-0.1, -0.05) is 29.8 Å². The van der Waals surface area contributed by atoms with E-state index in [9.17, 15) is 10.1 Å². The first-order valence-electron chi connectivity index (χ1n) is 5.74. The monoisotopic (exact) mass is 270 g/mol. The van der Waals surface area contributed by atoms with Crippen molar-refractivity contribution in [3.05, 3.63) is 64.4 Å². The number of aromatic nitrogens is 1. The average molecular weight is 271 g/mol. The van der Waals surface area contributed by atoms with Crippen molar-refractivity contribution >= 4 is 17.4 Å². The van der Waals surface area contributed by atoms with Gasteiger partial charge in [-0.2, -0.15) is 5.26 Å². The van der Waals surface area contributed by atoms with Crippen LogP contribution >= 0.6 is 11.6 Å². The molecule has 19 heavy (non-hydrogen) atoms. The van der Waals surface area contributed by atoms with E-state index >= 15 is 0 Å². The van der Waals surface area contributed by atoms with E-state index in [0.29, 0.717) is 21.7 Å². The highest BCUT2D eigenvalue weighted by atomic mass is 35.5. The Kier molecular flexibility index (Phi) is 3.94. The van der Waals surface area contributed by atoms with E-state index in [1.165, 1.54) is 6.20 Å². The summed E-state index contributed by atoms with van der Waals surface area (Å²) in [7, 11) is 0. The standard InChI is InChI=1S/C15H11ClN2O/c1-10-12(5-2-6-14(10)16)15(19)13(8-17)11-4-3-7-18-9-11/h2-7,9,13H,1H3. The van der Waals surface area contributed by atoms with Gasteiger partial charge in [0.05, 0.1) is 6.07 Å². The minimum absolute atomic E-state index is 0.254. The fourth-order valence-electron chi connectivity index (χ4n) is 1.86. The molecule has 1 aromatic carbocycles. The lowest BCUT2D eigenvalue weighted by molar-refractivity contribution is 0.0978. The summed E-state index contributed by atoms with van der Waals surface area (Å²) in [6.07, 6.45) is 3.14. The van der Waals surface area contributed by atoms with Gasteiger partial charge in [0.15, 0.2) is 5.78 Å². The summed E-state index contributed by atoms with van der Waals surface area (Å²) in [5, 5.41) is 9.76. The van der Waals surface area contributed by atoms with Crippen molar-refractivity contribution in [3.8, 4) is 6.07 Å². The van der Waals surface area contributed by atoms with Crippen LogP contribution in [0.3, 0.4) is 0 Å². The van der Waals surface area contributed by atoms with Gasteiger partial charge in [-0.15, -0.1) is 0 Å². The van der Waals surface area contributed by atoms with E-state index in [4.69, 9.17) is 11.6 Å². The normalized spacial score (nSPS) is 11.6. The lowest BCUT2D eigenvalue weighted by Gasteiger charge is -2.11. The van der Waals surface area contributed by atoms with Crippen molar-refractivity contribution in [1.29, 1.82) is 5.26 Å². The van der Waals surface area contributed by atoms with Crippen molar-refractivity contribution in [2.75, 3.05) is 0 Å². The fraction of sp³-hybridized carbons (Fsp3) is 0.133. The van der Waals surface area contributed by atoms with Crippen molar-refractivity contribution in [3.63, 3.8) is 0 Å². The lowest BCUT2D eigenvalue weighted by Crippen LogP contribution is -2.13. The van der Waals surface area contributed by atoms with Crippen molar-refractivity contribution in [2.45, 2.75) is 12.8 Å². The number of halogens is 1. The molecule has 1 unspecified atom stereocenters. The van der Waals surface area contributed by atoms with Crippen LogP contribution in [-0.2, 0) is 0 Å². The molecule has 0 saturated carbocycles. The topological polar surface area (TPSA) is 53.8 Å². The number of nitriles is 1. The zero-order valence-electron chi connectivity index (χ0n) is 10.3. The molecule has 0 amide bonds. The van der Waals surface area contributed by atoms with Gasteiger partial charge in [0.25, 0.3) is 0 Å². The van der Waals surface area contributed by atoms with Crippen LogP contribution in [0.15, 0.2) is 42.7 Å². The molecule has 4 heteroatoms. The second-order valence-electron chi connectivity index (χ2n) is 4.13. The molecule has 2 aromatic rings. The minimum Gasteiger partial charge on any atom is -0.292 e. The number of pyridine rings is 1. The summed E-state index contributed by atoms with van der Waals surface area (Å²) in [6, 6.07) is 10.6. The third-order valence-electron chi connectivity index (χ3n) is 2.94. The highest BCUT2D eigenvalue weighted by Gasteiger charge is 2.23. The Balaban J connectivity index is 2.43. The molecule has 0 radical (unpaired) electrons. The smallest absolute Gasteiger partial charge is 0.184 e. The first-order chi connectivity index (χ1) is 9.15. The van der Waals surface area contributed by atoms with E-state index in [0.717, 1.165) is 0 Å². The highest BCUT2D eigenvalue weighted by Crippen LogP contribution is 2.25. The number of benzene rings is 1. The molecule has 0 aliphatic rings. The molecular formula is C15H11ClN2O. The molecule has 0 saturated heterocycles. The van der Waals surface area contributed by atoms with Crippen molar-refractivity contribution < 1.29 is 4.79 Å². The molecule has 3 nitrogen and oxygen atoms in total. The summed E-state index contributed by atoms with van der Waals surface area (Å²) < 4.78 is 0. The number of carbonyl (C=O) groups excluding carboxylic acids is 1. The summed E-state index contributed by atoms with van der Waals surface area (Å²) >= 11 is 6.00. The van der Waals surface area contributed by atoms with Crippen LogP contribution < -0.4 is 0 Å². The van der Waals surface area contributed by atoms with Gasteiger partial charge in [-0.3, -0.25) is 9.78 Å². The zero-order valence-corrected chi connectivity index (χ0v) is 11.1. The van der Waals surface area contributed by atoms with Crippen molar-refractivity contribution in [1.82, 2.24) is 4.98 Å². The maximum Gasteiger partial charge on any atom is 0.184 e. The molecule has 0 bridgehead atoms. The molecular weight excluding hydrogens is 260 g/mol. The quantitative estimate of drug-likeness (QED) is 0.802. The Hall–Kier alpha value is -2.18. The first-order valence-corrected chi connectivity index (χ1v) is 6.12. The van der Waals surface area contributed by atoms with E-state index in [2.05, 4.69) is 4.98 Å². The van der Waals surface area contributed by atoms with E-state index in [-0.39, 0.29) is 5.78 Å². The average Bonchev–Trinajstić information content (AvgIpc) is 2.44. The molecule has 0 N–H and O–H groups in total. The Morgan fingerprint density at radius 2 is 2.16 bits per heavy atom. The predicted octanol–water partition coefficient (Wildman–Crippen LogP) is 3.53. The molecule has 0 spiro atoms. The highest BCUT2D eigenvalue weighted by molar-refractivity contribution is 6.32. The maximum atomic E-state index is 12.4. The van der Waals surface area contributed by atoms with Crippen LogP contribution in [0.25, 0.3) is 0 Å². The van der Waals surface area contributed by atoms with E-state index in [1.54, 1.807) is 43.5 Å². The van der Waals surface area contributed by atoms with E-state index in [1.807, 2.05) is 6.07 Å². The Morgan fingerprint density at radius 3 is 2.79 bits per heavy atom. The van der Waals surface area contributed by atoms with Crippen LogP contribution in [0, 0.1) is 18.3 Å². The number of hydrogen-bond acceptors (Lipinski definition) is 3. The summed E-state index contributed by atoms with van der Waals surface area (Å²) in [5.41, 5.74) is 1.76. The lowest BCUT2D eigenvalue weighted by atomic mass is 9.91. The molecule has 1 heterocycles. The summed E-state index contributed by atoms with van der Waals surface area (Å²) in [6.45, 7) is 1.77. The second kappa shape index (κ2) is 5.64. The van der Waals surface area contributed by atoms with Crippen LogP contribution in [-0.4, -0.2) is 10.8 Å². The SMILES string of the molecule is Cc1c(Cl)cccc1C(=O)C(C#N)c1cccnc1. The summed E-state index contributed by atoms with van der Waals surface area (Å²) in [5.74, 6) is -1.11. The maximum absolute atomic E-state index is 12.4. The van der Waals surface area contributed by atoms with Crippen molar-refractivity contribution in [2.24, 2.45) is 0 Å². The van der Waals surface area contributed by atoms with Crippen LogP contribution in [0.2, 0.25) is 5.02 Å². The fourth-order valence-corrected chi connectivity index (χ4v) is 2.04. The van der Waals surface area contributed by atoms with Gasteiger partial charge in [-0.05, 0) is 30.2 Å². The molecule has 1 atom stereocenters. The molecule has 0 aliphatic heterocycles. The third kappa shape index (κ3) is 2.64. The van der Waals surface area contributed by atoms with Crippen LogP contribution in [0.1, 0.15) is 27.4 Å². The number of carbonyl (C=O) groups is 1. The predicted molar refractivity (Wildman–Crippen MR) is 73.1 cm³/mol. The third-order valence-corrected chi connectivity index (χ3v) is 3.35. The number of rotatable bonds is 3. The molecule has 2 rings (SSSR count). The minimum atomic E-state index is -0.856. The molecule has 0 fully saturated rings. The van der Waals surface area contributed by atoms with Crippen LogP contribution in [0.4, 0.5) is 0 Å². The Morgan fingerprint density at radius 1 is 1.37 bits per heavy atom. The second-order valence-corrected chi connectivity index (χ2v) is 4.53. The van der Waals surface area contributed by atoms with E-state index < -0.39 is 5.92 Å². The van der Waals surface area contributed by atoms with Gasteiger partial charge >= 0.3 is 0 Å². The van der Waals surface area contributed by atoms with Gasteiger partial charge in [0.1, 0.15) is 5.92 Å². The molecule has 94 valence electrons. The molecule has 1 aromatic heterocycles. The Labute approximate surface area is 116 Å². The Bertz CT molecular complexity index is 647. The number of Topliss-reactive ketones (excluding diaryl/α,β-unsaturated/α-hetero) is 1.